The van der Waals surface area contributed by atoms with Crippen LogP contribution in [0.4, 0.5) is 17.6 Å². The Labute approximate surface area is 125 Å². The predicted molar refractivity (Wildman–Crippen MR) is 67.0 cm³/mol. The molecule has 3 rings (SSSR count). The molecule has 0 bridgehead atoms. The molecule has 0 saturated carbocycles. The van der Waals surface area contributed by atoms with Gasteiger partial charge in [-0.2, -0.15) is 22.9 Å². The Morgan fingerprint density at radius 2 is 1.91 bits per heavy atom. The van der Waals surface area contributed by atoms with E-state index in [1.54, 1.807) is 6.07 Å². The molecule has 3 aromatic rings. The van der Waals surface area contributed by atoms with Crippen LogP contribution in [0.2, 0.25) is 0 Å². The molecule has 0 spiro atoms. The van der Waals surface area contributed by atoms with Gasteiger partial charge in [0.1, 0.15) is 23.2 Å². The summed E-state index contributed by atoms with van der Waals surface area (Å²) in [5, 5.41) is 18.9. The van der Waals surface area contributed by atoms with Crippen LogP contribution in [0.15, 0.2) is 30.3 Å². The highest BCUT2D eigenvalue weighted by molar-refractivity contribution is 5.46. The Hall–Kier alpha value is -3.22. The van der Waals surface area contributed by atoms with Crippen molar-refractivity contribution in [2.24, 2.45) is 0 Å². The van der Waals surface area contributed by atoms with Crippen LogP contribution in [0.3, 0.4) is 0 Å². The molecule has 0 atom stereocenters. The van der Waals surface area contributed by atoms with Crippen LogP contribution in [-0.4, -0.2) is 19.8 Å². The molecule has 116 valence electrons. The number of alkyl halides is 3. The maximum atomic E-state index is 13.5. The molecule has 0 amide bonds. The molecule has 0 unspecified atom stereocenters. The zero-order valence-corrected chi connectivity index (χ0v) is 11.0. The van der Waals surface area contributed by atoms with Crippen molar-refractivity contribution in [2.75, 3.05) is 0 Å². The maximum Gasteiger partial charge on any atom is 0.453 e. The first-order valence-corrected chi connectivity index (χ1v) is 6.06. The average Bonchev–Trinajstić information content (AvgIpc) is 2.90. The van der Waals surface area contributed by atoms with Gasteiger partial charge in [-0.15, -0.1) is 15.3 Å². The summed E-state index contributed by atoms with van der Waals surface area (Å²) in [6, 6.07) is 7.70. The fraction of sp³-hybridized carbons (Fsp3) is 0.0769. The molecule has 10 heteroatoms. The number of hydrogen-bond acceptors (Lipinski definition) is 5. The van der Waals surface area contributed by atoms with E-state index in [0.717, 1.165) is 6.07 Å². The number of ether oxygens (including phenoxy) is 1. The SMILES string of the molecule is N#Cc1c(F)cccc1Oc1ccc2nnc(C(F)(F)F)n2n1. The fourth-order valence-electron chi connectivity index (χ4n) is 1.81. The molecule has 2 aromatic heterocycles. The van der Waals surface area contributed by atoms with Crippen LogP contribution in [0, 0.1) is 17.1 Å². The Morgan fingerprint density at radius 1 is 1.13 bits per heavy atom. The number of rotatable bonds is 2. The molecule has 23 heavy (non-hydrogen) atoms. The number of halogens is 4. The summed E-state index contributed by atoms with van der Waals surface area (Å²) in [5.41, 5.74) is -0.515. The van der Waals surface area contributed by atoms with Gasteiger partial charge in [-0.3, -0.25) is 0 Å². The van der Waals surface area contributed by atoms with Gasteiger partial charge in [0.2, 0.25) is 5.88 Å². The summed E-state index contributed by atoms with van der Waals surface area (Å²) in [7, 11) is 0. The maximum absolute atomic E-state index is 13.5. The van der Waals surface area contributed by atoms with Crippen molar-refractivity contribution in [1.29, 1.82) is 5.26 Å². The quantitative estimate of drug-likeness (QED) is 0.678. The summed E-state index contributed by atoms with van der Waals surface area (Å²) in [5.74, 6) is -2.57. The van der Waals surface area contributed by atoms with E-state index in [2.05, 4.69) is 15.3 Å². The van der Waals surface area contributed by atoms with E-state index in [1.165, 1.54) is 24.3 Å². The topological polar surface area (TPSA) is 76.1 Å². The second kappa shape index (κ2) is 5.20. The Morgan fingerprint density at radius 3 is 2.61 bits per heavy atom. The van der Waals surface area contributed by atoms with E-state index < -0.39 is 17.8 Å². The lowest BCUT2D eigenvalue weighted by Gasteiger charge is -2.08. The first-order chi connectivity index (χ1) is 10.9. The second-order valence-corrected chi connectivity index (χ2v) is 4.29. The largest absolute Gasteiger partial charge is 0.453 e. The summed E-state index contributed by atoms with van der Waals surface area (Å²) < 4.78 is 57.5. The molecule has 0 aliphatic carbocycles. The van der Waals surface area contributed by atoms with Crippen molar-refractivity contribution in [1.82, 2.24) is 19.8 Å². The van der Waals surface area contributed by atoms with E-state index in [9.17, 15) is 17.6 Å². The number of benzene rings is 1. The highest BCUT2D eigenvalue weighted by Crippen LogP contribution is 2.29. The number of aromatic nitrogens is 4. The Kier molecular flexibility index (Phi) is 3.33. The molecule has 6 nitrogen and oxygen atoms in total. The van der Waals surface area contributed by atoms with E-state index in [4.69, 9.17) is 10.00 Å². The number of fused-ring (bicyclic) bond motifs is 1. The molecule has 0 N–H and O–H groups in total. The van der Waals surface area contributed by atoms with E-state index in [-0.39, 0.29) is 22.8 Å². The van der Waals surface area contributed by atoms with Gasteiger partial charge in [0.25, 0.3) is 5.82 Å². The van der Waals surface area contributed by atoms with Crippen molar-refractivity contribution in [3.8, 4) is 17.7 Å². The molecule has 0 radical (unpaired) electrons. The number of hydrogen-bond donors (Lipinski definition) is 0. The highest BCUT2D eigenvalue weighted by atomic mass is 19.4. The molecule has 0 fully saturated rings. The summed E-state index contributed by atoms with van der Waals surface area (Å²) in [6.45, 7) is 0. The minimum Gasteiger partial charge on any atom is -0.436 e. The van der Waals surface area contributed by atoms with Crippen LogP contribution in [-0.2, 0) is 6.18 Å². The standard InChI is InChI=1S/C13H5F4N5O/c14-8-2-1-3-9(7(8)6-18)23-11-5-4-10-19-20-12(13(15,16)17)22(10)21-11/h1-5H. The van der Waals surface area contributed by atoms with Crippen LogP contribution in [0.5, 0.6) is 11.6 Å². The third-order valence-corrected chi connectivity index (χ3v) is 2.79. The molecule has 1 aromatic carbocycles. The van der Waals surface area contributed by atoms with Gasteiger partial charge < -0.3 is 4.74 Å². The second-order valence-electron chi connectivity index (χ2n) is 4.29. The lowest BCUT2D eigenvalue weighted by molar-refractivity contribution is -0.146. The third kappa shape index (κ3) is 2.64. The van der Waals surface area contributed by atoms with Crippen LogP contribution >= 0.6 is 0 Å². The van der Waals surface area contributed by atoms with Crippen molar-refractivity contribution in [3.05, 3.63) is 47.5 Å². The zero-order chi connectivity index (χ0) is 16.6. The first kappa shape index (κ1) is 14.7. The van der Waals surface area contributed by atoms with Crippen LogP contribution < -0.4 is 4.74 Å². The van der Waals surface area contributed by atoms with Gasteiger partial charge in [-0.1, -0.05) is 6.07 Å². The summed E-state index contributed by atoms with van der Waals surface area (Å²) in [4.78, 5) is 0. The molecular weight excluding hydrogens is 318 g/mol. The van der Waals surface area contributed by atoms with E-state index >= 15 is 0 Å². The smallest absolute Gasteiger partial charge is 0.436 e. The Bertz CT molecular complexity index is 928. The predicted octanol–water partition coefficient (Wildman–Crippen LogP) is 2.95. The van der Waals surface area contributed by atoms with Gasteiger partial charge in [0.05, 0.1) is 0 Å². The van der Waals surface area contributed by atoms with Gasteiger partial charge in [-0.05, 0) is 18.2 Å². The van der Waals surface area contributed by atoms with Crippen LogP contribution in [0.25, 0.3) is 5.65 Å². The summed E-state index contributed by atoms with van der Waals surface area (Å²) in [6.07, 6.45) is -4.75. The zero-order valence-electron chi connectivity index (χ0n) is 11.0. The minimum atomic E-state index is -4.75. The molecule has 2 heterocycles. The number of nitriles is 1. The van der Waals surface area contributed by atoms with E-state index in [1.807, 2.05) is 0 Å². The lowest BCUT2D eigenvalue weighted by atomic mass is 10.2. The lowest BCUT2D eigenvalue weighted by Crippen LogP contribution is -2.12. The van der Waals surface area contributed by atoms with Gasteiger partial charge in [-0.25, -0.2) is 4.39 Å². The molecular formula is C13H5F4N5O. The normalized spacial score (nSPS) is 11.4. The first-order valence-electron chi connectivity index (χ1n) is 6.06. The fourth-order valence-corrected chi connectivity index (χ4v) is 1.81. The summed E-state index contributed by atoms with van der Waals surface area (Å²) >= 11 is 0. The minimum absolute atomic E-state index is 0.135. The van der Waals surface area contributed by atoms with Gasteiger partial charge >= 0.3 is 6.18 Å². The van der Waals surface area contributed by atoms with Gasteiger partial charge in [0.15, 0.2) is 5.65 Å². The average molecular weight is 323 g/mol. The van der Waals surface area contributed by atoms with Crippen molar-refractivity contribution in [2.45, 2.75) is 6.18 Å². The van der Waals surface area contributed by atoms with Gasteiger partial charge in [0, 0.05) is 6.07 Å². The van der Waals surface area contributed by atoms with Crippen molar-refractivity contribution >= 4 is 5.65 Å². The van der Waals surface area contributed by atoms with Crippen molar-refractivity contribution < 1.29 is 22.3 Å². The van der Waals surface area contributed by atoms with E-state index in [0.29, 0.717) is 4.52 Å². The number of nitrogens with zero attached hydrogens (tertiary/aromatic N) is 5. The molecule has 0 aliphatic heterocycles. The Balaban J connectivity index is 2.05. The van der Waals surface area contributed by atoms with Crippen molar-refractivity contribution in [3.63, 3.8) is 0 Å². The van der Waals surface area contributed by atoms with Crippen LogP contribution in [0.1, 0.15) is 11.4 Å². The highest BCUT2D eigenvalue weighted by Gasteiger charge is 2.37. The monoisotopic (exact) mass is 323 g/mol. The molecule has 0 aliphatic rings. The third-order valence-electron chi connectivity index (χ3n) is 2.79. The molecule has 0 saturated heterocycles.